The third kappa shape index (κ3) is 5.53. The molecule has 1 nitrogen and oxygen atoms in total. The maximum Gasteiger partial charge on any atom is 0.123 e. The lowest BCUT2D eigenvalue weighted by atomic mass is 10.0. The van der Waals surface area contributed by atoms with Crippen molar-refractivity contribution in [3.05, 3.63) is 56.4 Å². The fourth-order valence-electron chi connectivity index (χ4n) is 2.51. The molecule has 1 atom stereocenters. The van der Waals surface area contributed by atoms with Gasteiger partial charge in [0.15, 0.2) is 0 Å². The topological polar surface area (TPSA) is 12.0 Å². The molecule has 114 valence electrons. The van der Waals surface area contributed by atoms with Gasteiger partial charge in [-0.1, -0.05) is 28.9 Å². The normalized spacial score (nSPS) is 12.5. The van der Waals surface area contributed by atoms with Gasteiger partial charge in [0, 0.05) is 15.4 Å². The van der Waals surface area contributed by atoms with E-state index >= 15 is 0 Å². The summed E-state index contributed by atoms with van der Waals surface area (Å²) in [5.41, 5.74) is 1.04. The number of benzene rings is 1. The summed E-state index contributed by atoms with van der Waals surface area (Å²) in [4.78, 5) is 1.44. The molecule has 21 heavy (non-hydrogen) atoms. The molecular weight excluding hydrogens is 349 g/mol. The van der Waals surface area contributed by atoms with Crippen LogP contribution in [-0.4, -0.2) is 12.6 Å². The molecule has 0 saturated heterocycles. The SMILES string of the molecule is CCNC(CCCc1cccs1)Cc1cc(F)ccc1Br. The van der Waals surface area contributed by atoms with E-state index in [1.54, 1.807) is 12.1 Å². The molecule has 0 radical (unpaired) electrons. The highest BCUT2D eigenvalue weighted by molar-refractivity contribution is 9.10. The smallest absolute Gasteiger partial charge is 0.123 e. The van der Waals surface area contributed by atoms with Crippen molar-refractivity contribution < 1.29 is 4.39 Å². The quantitative estimate of drug-likeness (QED) is 0.674. The Morgan fingerprint density at radius 3 is 2.90 bits per heavy atom. The summed E-state index contributed by atoms with van der Waals surface area (Å²) >= 11 is 5.34. The monoisotopic (exact) mass is 369 g/mol. The van der Waals surface area contributed by atoms with Crippen molar-refractivity contribution in [3.8, 4) is 0 Å². The minimum atomic E-state index is -0.165. The van der Waals surface area contributed by atoms with Crippen molar-refractivity contribution in [1.82, 2.24) is 5.32 Å². The fraction of sp³-hybridized carbons (Fsp3) is 0.412. The van der Waals surface area contributed by atoms with E-state index in [9.17, 15) is 4.39 Å². The predicted octanol–water partition coefficient (Wildman–Crippen LogP) is 5.19. The van der Waals surface area contributed by atoms with Crippen molar-refractivity contribution in [1.29, 1.82) is 0 Å². The maximum atomic E-state index is 13.4. The fourth-order valence-corrected chi connectivity index (χ4v) is 3.67. The lowest BCUT2D eigenvalue weighted by Gasteiger charge is -2.18. The van der Waals surface area contributed by atoms with Crippen LogP contribution in [0, 0.1) is 5.82 Å². The molecule has 0 aliphatic rings. The first-order valence-corrected chi connectivity index (χ1v) is 9.06. The minimum Gasteiger partial charge on any atom is -0.314 e. The largest absolute Gasteiger partial charge is 0.314 e. The number of aryl methyl sites for hydroxylation is 1. The molecule has 1 aromatic carbocycles. The van der Waals surface area contributed by atoms with Gasteiger partial charge in [-0.2, -0.15) is 0 Å². The van der Waals surface area contributed by atoms with Gasteiger partial charge in [-0.15, -0.1) is 11.3 Å². The van der Waals surface area contributed by atoms with Crippen LogP contribution in [0.3, 0.4) is 0 Å². The summed E-state index contributed by atoms with van der Waals surface area (Å²) in [6.07, 6.45) is 4.25. The highest BCUT2D eigenvalue weighted by atomic mass is 79.9. The third-order valence-corrected chi connectivity index (χ3v) is 5.23. The van der Waals surface area contributed by atoms with E-state index in [-0.39, 0.29) is 5.82 Å². The Bertz CT molecular complexity index is 542. The van der Waals surface area contributed by atoms with Crippen molar-refractivity contribution in [3.63, 3.8) is 0 Å². The lowest BCUT2D eigenvalue weighted by molar-refractivity contribution is 0.475. The number of thiophene rings is 1. The zero-order valence-electron chi connectivity index (χ0n) is 12.2. The number of halogens is 2. The zero-order valence-corrected chi connectivity index (χ0v) is 14.6. The highest BCUT2D eigenvalue weighted by Crippen LogP contribution is 2.21. The van der Waals surface area contributed by atoms with Gasteiger partial charge in [0.2, 0.25) is 0 Å². The van der Waals surface area contributed by atoms with Crippen LogP contribution in [0.15, 0.2) is 40.2 Å². The Hall–Kier alpha value is -0.710. The molecule has 0 fully saturated rings. The first kappa shape index (κ1) is 16.7. The van der Waals surface area contributed by atoms with E-state index in [4.69, 9.17) is 0 Å². The molecule has 0 saturated carbocycles. The molecule has 0 aliphatic heterocycles. The van der Waals surface area contributed by atoms with E-state index in [2.05, 4.69) is 45.7 Å². The summed E-state index contributed by atoms with van der Waals surface area (Å²) in [6, 6.07) is 9.61. The van der Waals surface area contributed by atoms with Crippen LogP contribution >= 0.6 is 27.3 Å². The van der Waals surface area contributed by atoms with Crippen LogP contribution in [0.1, 0.15) is 30.2 Å². The average Bonchev–Trinajstić information content (AvgIpc) is 2.96. The van der Waals surface area contributed by atoms with E-state index in [1.165, 1.54) is 10.9 Å². The molecule has 0 amide bonds. The van der Waals surface area contributed by atoms with Crippen LogP contribution in [-0.2, 0) is 12.8 Å². The zero-order chi connectivity index (χ0) is 15.1. The molecule has 0 bridgehead atoms. The second kappa shape index (κ2) is 8.66. The summed E-state index contributed by atoms with van der Waals surface area (Å²) in [6.45, 7) is 3.06. The first-order chi connectivity index (χ1) is 10.2. The van der Waals surface area contributed by atoms with Crippen LogP contribution < -0.4 is 5.32 Å². The average molecular weight is 370 g/mol. The van der Waals surface area contributed by atoms with Gasteiger partial charge in [-0.3, -0.25) is 0 Å². The Morgan fingerprint density at radius 1 is 1.33 bits per heavy atom. The van der Waals surface area contributed by atoms with Crippen molar-refractivity contribution in [2.24, 2.45) is 0 Å². The van der Waals surface area contributed by atoms with Gasteiger partial charge >= 0.3 is 0 Å². The van der Waals surface area contributed by atoms with Crippen LogP contribution in [0.5, 0.6) is 0 Å². The minimum absolute atomic E-state index is 0.165. The summed E-state index contributed by atoms with van der Waals surface area (Å²) in [5.74, 6) is -0.165. The van der Waals surface area contributed by atoms with Gasteiger partial charge in [-0.05, 0) is 67.4 Å². The van der Waals surface area contributed by atoms with E-state index in [1.807, 2.05) is 11.3 Å². The van der Waals surface area contributed by atoms with E-state index in [0.29, 0.717) is 6.04 Å². The Labute approximate surface area is 138 Å². The van der Waals surface area contributed by atoms with Gasteiger partial charge in [0.05, 0.1) is 0 Å². The summed E-state index contributed by atoms with van der Waals surface area (Å²) < 4.78 is 14.4. The van der Waals surface area contributed by atoms with E-state index in [0.717, 1.165) is 42.3 Å². The first-order valence-electron chi connectivity index (χ1n) is 7.38. The number of hydrogen-bond acceptors (Lipinski definition) is 2. The molecule has 1 unspecified atom stereocenters. The van der Waals surface area contributed by atoms with Crippen LogP contribution in [0.25, 0.3) is 0 Å². The molecule has 1 heterocycles. The predicted molar refractivity (Wildman–Crippen MR) is 92.5 cm³/mol. The maximum absolute atomic E-state index is 13.4. The van der Waals surface area contributed by atoms with Crippen LogP contribution in [0.2, 0.25) is 0 Å². The molecule has 2 rings (SSSR count). The van der Waals surface area contributed by atoms with Crippen LogP contribution in [0.4, 0.5) is 4.39 Å². The second-order valence-corrected chi connectivity index (χ2v) is 7.05. The lowest BCUT2D eigenvalue weighted by Crippen LogP contribution is -2.31. The van der Waals surface area contributed by atoms with Crippen molar-refractivity contribution in [2.45, 2.75) is 38.6 Å². The number of likely N-dealkylation sites (N-methyl/N-ethyl adjacent to an activating group) is 1. The van der Waals surface area contributed by atoms with Gasteiger partial charge < -0.3 is 5.32 Å². The third-order valence-electron chi connectivity index (χ3n) is 3.52. The van der Waals surface area contributed by atoms with Gasteiger partial charge in [0.25, 0.3) is 0 Å². The summed E-state index contributed by atoms with van der Waals surface area (Å²) in [5, 5.41) is 5.64. The van der Waals surface area contributed by atoms with Crippen molar-refractivity contribution >= 4 is 27.3 Å². The van der Waals surface area contributed by atoms with Crippen molar-refractivity contribution in [2.75, 3.05) is 6.54 Å². The number of nitrogens with one attached hydrogen (secondary N) is 1. The van der Waals surface area contributed by atoms with Gasteiger partial charge in [0.1, 0.15) is 5.82 Å². The molecule has 4 heteroatoms. The Balaban J connectivity index is 1.90. The molecule has 1 aromatic heterocycles. The Morgan fingerprint density at radius 2 is 2.19 bits per heavy atom. The van der Waals surface area contributed by atoms with Gasteiger partial charge in [-0.25, -0.2) is 4.39 Å². The molecule has 1 N–H and O–H groups in total. The molecule has 0 spiro atoms. The number of hydrogen-bond donors (Lipinski definition) is 1. The summed E-state index contributed by atoms with van der Waals surface area (Å²) in [7, 11) is 0. The second-order valence-electron chi connectivity index (χ2n) is 5.17. The number of rotatable bonds is 8. The highest BCUT2D eigenvalue weighted by Gasteiger charge is 2.11. The molecule has 0 aliphatic carbocycles. The Kier molecular flexibility index (Phi) is 6.87. The van der Waals surface area contributed by atoms with E-state index < -0.39 is 0 Å². The molecular formula is C17H21BrFNS. The molecule has 2 aromatic rings. The standard InChI is InChI=1S/C17H21BrFNS/c1-2-20-15(5-3-6-16-7-4-10-21-16)12-13-11-14(19)8-9-17(13)18/h4,7-11,15,20H,2-3,5-6,12H2,1H3.